The van der Waals surface area contributed by atoms with Crippen LogP contribution in [0.2, 0.25) is 0 Å². The van der Waals surface area contributed by atoms with Gasteiger partial charge in [0.2, 0.25) is 10.0 Å². The molecule has 0 N–H and O–H groups in total. The summed E-state index contributed by atoms with van der Waals surface area (Å²) in [7, 11) is -3.56. The molecule has 0 heterocycles. The van der Waals surface area contributed by atoms with Crippen molar-refractivity contribution in [3.8, 4) is 0 Å². The smallest absolute Gasteiger partial charge is 0.239 e. The van der Waals surface area contributed by atoms with E-state index >= 15 is 0 Å². The van der Waals surface area contributed by atoms with Crippen molar-refractivity contribution in [3.05, 3.63) is 71.3 Å². The first kappa shape index (κ1) is 20.5. The Morgan fingerprint density at radius 2 is 1.62 bits per heavy atom. The van der Waals surface area contributed by atoms with E-state index in [-0.39, 0.29) is 16.6 Å². The first-order valence-electron chi connectivity index (χ1n) is 10.6. The van der Waals surface area contributed by atoms with Crippen molar-refractivity contribution in [1.82, 2.24) is 0 Å². The molecule has 4 rings (SSSR count). The molecule has 2 unspecified atom stereocenters. The van der Waals surface area contributed by atoms with Gasteiger partial charge < -0.3 is 0 Å². The van der Waals surface area contributed by atoms with E-state index in [2.05, 4.69) is 26.8 Å². The zero-order valence-corrected chi connectivity index (χ0v) is 19.0. The summed E-state index contributed by atoms with van der Waals surface area (Å²) in [5, 5.41) is 0. The van der Waals surface area contributed by atoms with Crippen molar-refractivity contribution < 1.29 is 8.42 Å². The van der Waals surface area contributed by atoms with Gasteiger partial charge in [0.1, 0.15) is 0 Å². The highest BCUT2D eigenvalue weighted by Gasteiger charge is 2.64. The normalized spacial score (nSPS) is 26.0. The molecule has 2 aromatic carbocycles. The van der Waals surface area contributed by atoms with Crippen molar-refractivity contribution in [3.63, 3.8) is 0 Å². The van der Waals surface area contributed by atoms with Crippen LogP contribution >= 0.6 is 0 Å². The van der Waals surface area contributed by atoms with Crippen LogP contribution in [0.5, 0.6) is 0 Å². The summed E-state index contributed by atoms with van der Waals surface area (Å²) in [6.45, 7) is 11.0. The van der Waals surface area contributed by atoms with Gasteiger partial charge >= 0.3 is 0 Å². The molecule has 0 amide bonds. The molecule has 1 radical (unpaired) electrons. The fourth-order valence-electron chi connectivity index (χ4n) is 5.64. The maximum Gasteiger partial charge on any atom is 0.239 e. The minimum atomic E-state index is -3.56. The van der Waals surface area contributed by atoms with Crippen molar-refractivity contribution >= 4 is 15.7 Å². The van der Waals surface area contributed by atoms with Gasteiger partial charge in [0.05, 0.1) is 17.5 Å². The van der Waals surface area contributed by atoms with Gasteiger partial charge in [0.25, 0.3) is 0 Å². The molecule has 0 aliphatic heterocycles. The first-order valence-corrected chi connectivity index (χ1v) is 12.2. The van der Waals surface area contributed by atoms with E-state index in [9.17, 15) is 8.42 Å². The second-order valence-electron chi connectivity index (χ2n) is 9.79. The van der Waals surface area contributed by atoms with Crippen molar-refractivity contribution in [2.45, 2.75) is 59.6 Å². The number of anilines is 1. The fraction of sp³-hybridized carbons (Fsp3) is 0.480. The van der Waals surface area contributed by atoms with Crippen molar-refractivity contribution in [2.24, 2.45) is 16.7 Å². The molecule has 0 aromatic heterocycles. The Morgan fingerprint density at radius 1 is 1.00 bits per heavy atom. The number of aryl methyl sites for hydroxylation is 2. The lowest BCUT2D eigenvalue weighted by atomic mass is 9.69. The van der Waals surface area contributed by atoms with Crippen LogP contribution in [0.4, 0.5) is 5.69 Å². The summed E-state index contributed by atoms with van der Waals surface area (Å²) in [5.74, 6) is 0.564. The lowest BCUT2D eigenvalue weighted by Gasteiger charge is -2.44. The lowest BCUT2D eigenvalue weighted by Crippen LogP contribution is -2.44. The molecule has 155 valence electrons. The van der Waals surface area contributed by atoms with Crippen LogP contribution in [0.3, 0.4) is 0 Å². The quantitative estimate of drug-likeness (QED) is 0.604. The molecule has 2 aromatic rings. The van der Waals surface area contributed by atoms with Crippen molar-refractivity contribution in [2.75, 3.05) is 4.31 Å². The number of rotatable bonds is 5. The topological polar surface area (TPSA) is 37.4 Å². The van der Waals surface area contributed by atoms with E-state index in [4.69, 9.17) is 0 Å². The van der Waals surface area contributed by atoms with Gasteiger partial charge in [-0.25, -0.2) is 8.42 Å². The Morgan fingerprint density at radius 3 is 2.14 bits per heavy atom. The van der Waals surface area contributed by atoms with E-state index in [1.807, 2.05) is 56.3 Å². The zero-order valence-electron chi connectivity index (χ0n) is 18.2. The Labute approximate surface area is 176 Å². The number of hydrogen-bond donors (Lipinski definition) is 0. The van der Waals surface area contributed by atoms with E-state index in [0.29, 0.717) is 5.92 Å². The SMILES string of the molecule is Cc1cc(C)cc(N([C]2CC3CCC2(C)C3(C)C)S(=O)(=O)Cc2ccccc2)c1. The number of benzene rings is 2. The van der Waals surface area contributed by atoms with E-state index in [1.54, 1.807) is 4.31 Å². The van der Waals surface area contributed by atoms with Gasteiger partial charge in [-0.05, 0) is 78.7 Å². The molecule has 2 fully saturated rings. The van der Waals surface area contributed by atoms with Gasteiger partial charge in [-0.3, -0.25) is 4.31 Å². The van der Waals surface area contributed by atoms with Gasteiger partial charge in [-0.15, -0.1) is 0 Å². The highest BCUT2D eigenvalue weighted by Crippen LogP contribution is 2.70. The third kappa shape index (κ3) is 3.30. The zero-order chi connectivity index (χ0) is 21.0. The number of fused-ring (bicyclic) bond motifs is 2. The summed E-state index contributed by atoms with van der Waals surface area (Å²) in [5.41, 5.74) is 3.81. The average molecular weight is 411 g/mol. The molecule has 4 heteroatoms. The van der Waals surface area contributed by atoms with Crippen LogP contribution in [-0.2, 0) is 15.8 Å². The molecular formula is C25H32NO2S. The molecule has 2 atom stereocenters. The van der Waals surface area contributed by atoms with E-state index < -0.39 is 10.0 Å². The summed E-state index contributed by atoms with van der Waals surface area (Å²) in [6.07, 6.45) is 3.11. The highest BCUT2D eigenvalue weighted by atomic mass is 32.2. The van der Waals surface area contributed by atoms with Crippen LogP contribution in [0.1, 0.15) is 56.7 Å². The van der Waals surface area contributed by atoms with Crippen LogP contribution in [-0.4, -0.2) is 8.42 Å². The minimum Gasteiger partial charge on any atom is -0.261 e. The second-order valence-corrected chi connectivity index (χ2v) is 11.6. The molecule has 3 nitrogen and oxygen atoms in total. The third-order valence-electron chi connectivity index (χ3n) is 7.67. The minimum absolute atomic E-state index is 0.0193. The van der Waals surface area contributed by atoms with Crippen molar-refractivity contribution in [1.29, 1.82) is 0 Å². The van der Waals surface area contributed by atoms with Gasteiger partial charge in [0.15, 0.2) is 0 Å². The number of sulfonamides is 1. The molecule has 2 aliphatic carbocycles. The monoisotopic (exact) mass is 410 g/mol. The number of hydrogen-bond acceptors (Lipinski definition) is 2. The first-order chi connectivity index (χ1) is 13.5. The molecular weight excluding hydrogens is 378 g/mol. The number of nitrogens with zero attached hydrogens (tertiary/aromatic N) is 1. The molecule has 2 bridgehead atoms. The molecule has 2 saturated carbocycles. The van der Waals surface area contributed by atoms with Crippen LogP contribution in [0.25, 0.3) is 0 Å². The summed E-state index contributed by atoms with van der Waals surface area (Å²) in [6, 6.07) is 16.7. The molecule has 0 spiro atoms. The predicted octanol–water partition coefficient (Wildman–Crippen LogP) is 6.02. The Balaban J connectivity index is 1.83. The summed E-state index contributed by atoms with van der Waals surface area (Å²) >= 11 is 0. The largest absolute Gasteiger partial charge is 0.261 e. The standard InChI is InChI=1S/C25H32NO2S/c1-18-13-19(2)15-22(14-18)26(29(27,28)17-20-9-7-6-8-10-20)23-16-21-11-12-25(23,5)24(21,3)4/h6-10,13-15,21H,11-12,16-17H2,1-5H3. The van der Waals surface area contributed by atoms with Crippen LogP contribution in [0.15, 0.2) is 48.5 Å². The van der Waals surface area contributed by atoms with Gasteiger partial charge in [-0.1, -0.05) is 57.2 Å². The fourth-order valence-corrected chi connectivity index (χ4v) is 7.42. The molecule has 0 saturated heterocycles. The average Bonchev–Trinajstić information content (AvgIpc) is 2.95. The van der Waals surface area contributed by atoms with E-state index in [0.717, 1.165) is 41.3 Å². The maximum atomic E-state index is 13.8. The van der Waals surface area contributed by atoms with Crippen LogP contribution in [0, 0.1) is 36.6 Å². The highest BCUT2D eigenvalue weighted by molar-refractivity contribution is 7.92. The molecule has 2 aliphatic rings. The van der Waals surface area contributed by atoms with Gasteiger partial charge in [-0.2, -0.15) is 0 Å². The maximum absolute atomic E-state index is 13.8. The Hall–Kier alpha value is -1.81. The molecule has 29 heavy (non-hydrogen) atoms. The lowest BCUT2D eigenvalue weighted by molar-refractivity contribution is 0.164. The Kier molecular flexibility index (Phi) is 4.85. The Bertz CT molecular complexity index is 992. The summed E-state index contributed by atoms with van der Waals surface area (Å²) in [4.78, 5) is 0. The van der Waals surface area contributed by atoms with Gasteiger partial charge in [0, 0.05) is 0 Å². The third-order valence-corrected chi connectivity index (χ3v) is 9.35. The summed E-state index contributed by atoms with van der Waals surface area (Å²) < 4.78 is 29.4. The van der Waals surface area contributed by atoms with E-state index in [1.165, 1.54) is 6.42 Å². The predicted molar refractivity (Wildman–Crippen MR) is 120 cm³/mol. The van der Waals surface area contributed by atoms with Crippen LogP contribution < -0.4 is 4.31 Å². The second kappa shape index (κ2) is 6.87.